The number of hydrogen-bond donors (Lipinski definition) is 1. The van der Waals surface area contributed by atoms with Gasteiger partial charge in [0.1, 0.15) is 5.82 Å². The summed E-state index contributed by atoms with van der Waals surface area (Å²) in [5.41, 5.74) is 9.25. The Morgan fingerprint density at radius 1 is 1.05 bits per heavy atom. The molecule has 0 spiro atoms. The van der Waals surface area contributed by atoms with Gasteiger partial charge in [0, 0.05) is 17.6 Å². The van der Waals surface area contributed by atoms with Crippen LogP contribution >= 0.6 is 0 Å². The number of hydrogen-bond acceptors (Lipinski definition) is 2. The van der Waals surface area contributed by atoms with E-state index in [-0.39, 0.29) is 11.9 Å². The zero-order valence-corrected chi connectivity index (χ0v) is 11.0. The Kier molecular flexibility index (Phi) is 3.44. The van der Waals surface area contributed by atoms with Crippen LogP contribution in [0.15, 0.2) is 60.8 Å². The Morgan fingerprint density at radius 3 is 2.65 bits per heavy atom. The van der Waals surface area contributed by atoms with Gasteiger partial charge in [0.15, 0.2) is 0 Å². The summed E-state index contributed by atoms with van der Waals surface area (Å²) < 4.78 is 12.9. The summed E-state index contributed by atoms with van der Waals surface area (Å²) in [5, 5.41) is 1.10. The van der Waals surface area contributed by atoms with Gasteiger partial charge < -0.3 is 5.73 Å². The molecule has 0 saturated heterocycles. The van der Waals surface area contributed by atoms with Crippen LogP contribution in [-0.4, -0.2) is 4.98 Å². The molecule has 1 unspecified atom stereocenters. The largest absolute Gasteiger partial charge is 0.324 e. The smallest absolute Gasteiger partial charge is 0.123 e. The summed E-state index contributed by atoms with van der Waals surface area (Å²) in [5.74, 6) is -0.225. The van der Waals surface area contributed by atoms with E-state index in [9.17, 15) is 4.39 Å². The molecule has 1 aromatic heterocycles. The predicted molar refractivity (Wildman–Crippen MR) is 78.8 cm³/mol. The summed E-state index contributed by atoms with van der Waals surface area (Å²) in [6.45, 7) is 0. The quantitative estimate of drug-likeness (QED) is 0.786. The van der Waals surface area contributed by atoms with Crippen LogP contribution in [-0.2, 0) is 6.42 Å². The molecule has 1 heterocycles. The summed E-state index contributed by atoms with van der Waals surface area (Å²) in [6.07, 6.45) is 2.45. The van der Waals surface area contributed by atoms with Crippen LogP contribution in [0.25, 0.3) is 10.9 Å². The number of benzene rings is 2. The molecular formula is C17H15FN2. The number of aromatic nitrogens is 1. The first-order chi connectivity index (χ1) is 9.72. The highest BCUT2D eigenvalue weighted by Crippen LogP contribution is 2.20. The molecule has 3 rings (SSSR count). The van der Waals surface area contributed by atoms with Crippen LogP contribution in [0.5, 0.6) is 0 Å². The molecule has 0 fully saturated rings. The van der Waals surface area contributed by atoms with Crippen molar-refractivity contribution in [2.45, 2.75) is 12.5 Å². The maximum Gasteiger partial charge on any atom is 0.123 e. The Hall–Kier alpha value is -2.26. The number of fused-ring (bicyclic) bond motifs is 1. The molecular weight excluding hydrogens is 251 g/mol. The lowest BCUT2D eigenvalue weighted by Gasteiger charge is -2.13. The summed E-state index contributed by atoms with van der Waals surface area (Å²) in [7, 11) is 0. The molecule has 0 bridgehead atoms. The van der Waals surface area contributed by atoms with Crippen molar-refractivity contribution < 1.29 is 4.39 Å². The van der Waals surface area contributed by atoms with Gasteiger partial charge in [-0.25, -0.2) is 4.39 Å². The SMILES string of the molecule is NC(Cc1ccc(F)cc1)c1ccc2cccnc2c1. The topological polar surface area (TPSA) is 38.9 Å². The second-order valence-electron chi connectivity index (χ2n) is 4.89. The van der Waals surface area contributed by atoms with Crippen molar-refractivity contribution in [3.8, 4) is 0 Å². The second kappa shape index (κ2) is 5.39. The maximum absolute atomic E-state index is 12.9. The highest BCUT2D eigenvalue weighted by molar-refractivity contribution is 5.78. The molecule has 0 saturated carbocycles. The summed E-state index contributed by atoms with van der Waals surface area (Å²) >= 11 is 0. The number of nitrogens with two attached hydrogens (primary N) is 1. The molecule has 2 nitrogen and oxygen atoms in total. The van der Waals surface area contributed by atoms with Crippen molar-refractivity contribution in [3.63, 3.8) is 0 Å². The Bertz CT molecular complexity index is 722. The van der Waals surface area contributed by atoms with E-state index in [1.807, 2.05) is 30.3 Å². The van der Waals surface area contributed by atoms with E-state index in [4.69, 9.17) is 5.73 Å². The van der Waals surface area contributed by atoms with Gasteiger partial charge in [-0.15, -0.1) is 0 Å². The number of pyridine rings is 1. The molecule has 0 aliphatic rings. The van der Waals surface area contributed by atoms with E-state index in [1.165, 1.54) is 12.1 Å². The standard InChI is InChI=1S/C17H15FN2/c18-15-7-3-12(4-8-15)10-16(19)14-6-5-13-2-1-9-20-17(13)11-14/h1-9,11,16H,10,19H2. The third-order valence-corrected chi connectivity index (χ3v) is 3.43. The van der Waals surface area contributed by atoms with Crippen LogP contribution in [0.1, 0.15) is 17.2 Å². The molecule has 0 radical (unpaired) electrons. The van der Waals surface area contributed by atoms with Crippen LogP contribution in [0.2, 0.25) is 0 Å². The van der Waals surface area contributed by atoms with Gasteiger partial charge in [-0.1, -0.05) is 30.3 Å². The Labute approximate surface area is 117 Å². The predicted octanol–water partition coefficient (Wildman–Crippen LogP) is 3.62. The minimum Gasteiger partial charge on any atom is -0.324 e. The van der Waals surface area contributed by atoms with E-state index in [0.29, 0.717) is 6.42 Å². The van der Waals surface area contributed by atoms with Crippen LogP contribution in [0.3, 0.4) is 0 Å². The van der Waals surface area contributed by atoms with Gasteiger partial charge in [0.2, 0.25) is 0 Å². The molecule has 100 valence electrons. The van der Waals surface area contributed by atoms with Gasteiger partial charge in [-0.05, 0) is 41.8 Å². The maximum atomic E-state index is 12.9. The highest BCUT2D eigenvalue weighted by atomic mass is 19.1. The monoisotopic (exact) mass is 266 g/mol. The van der Waals surface area contributed by atoms with Crippen molar-refractivity contribution in [2.75, 3.05) is 0 Å². The Balaban J connectivity index is 1.84. The van der Waals surface area contributed by atoms with Gasteiger partial charge in [0.05, 0.1) is 5.52 Å². The van der Waals surface area contributed by atoms with Crippen molar-refractivity contribution in [3.05, 3.63) is 77.7 Å². The Morgan fingerprint density at radius 2 is 1.85 bits per heavy atom. The zero-order chi connectivity index (χ0) is 13.9. The zero-order valence-electron chi connectivity index (χ0n) is 11.0. The molecule has 3 aromatic rings. The number of halogens is 1. The molecule has 3 heteroatoms. The average Bonchev–Trinajstić information content (AvgIpc) is 2.49. The fraction of sp³-hybridized carbons (Fsp3) is 0.118. The second-order valence-corrected chi connectivity index (χ2v) is 4.89. The summed E-state index contributed by atoms with van der Waals surface area (Å²) in [6, 6.07) is 16.4. The normalized spacial score (nSPS) is 12.5. The van der Waals surface area contributed by atoms with Gasteiger partial charge in [0.25, 0.3) is 0 Å². The number of rotatable bonds is 3. The first kappa shape index (κ1) is 12.8. The minimum absolute atomic E-state index is 0.119. The third kappa shape index (κ3) is 2.68. The van der Waals surface area contributed by atoms with Crippen molar-refractivity contribution >= 4 is 10.9 Å². The molecule has 0 aliphatic carbocycles. The van der Waals surface area contributed by atoms with Gasteiger partial charge in [-0.2, -0.15) is 0 Å². The summed E-state index contributed by atoms with van der Waals surface area (Å²) in [4.78, 5) is 4.34. The molecule has 0 aliphatic heterocycles. The fourth-order valence-electron chi connectivity index (χ4n) is 2.31. The van der Waals surface area contributed by atoms with E-state index < -0.39 is 0 Å². The van der Waals surface area contributed by atoms with Crippen molar-refractivity contribution in [1.29, 1.82) is 0 Å². The first-order valence-electron chi connectivity index (χ1n) is 6.57. The van der Waals surface area contributed by atoms with Crippen LogP contribution in [0.4, 0.5) is 4.39 Å². The fourth-order valence-corrected chi connectivity index (χ4v) is 2.31. The number of nitrogens with zero attached hydrogens (tertiary/aromatic N) is 1. The molecule has 2 aromatic carbocycles. The van der Waals surface area contributed by atoms with Gasteiger partial charge in [-0.3, -0.25) is 4.98 Å². The lowest BCUT2D eigenvalue weighted by atomic mass is 9.98. The molecule has 2 N–H and O–H groups in total. The van der Waals surface area contributed by atoms with Crippen molar-refractivity contribution in [2.24, 2.45) is 5.73 Å². The average molecular weight is 266 g/mol. The third-order valence-electron chi connectivity index (χ3n) is 3.43. The minimum atomic E-state index is -0.225. The van der Waals surface area contributed by atoms with E-state index in [2.05, 4.69) is 4.98 Å². The van der Waals surface area contributed by atoms with Crippen LogP contribution < -0.4 is 5.73 Å². The molecule has 1 atom stereocenters. The lowest BCUT2D eigenvalue weighted by molar-refractivity contribution is 0.625. The van der Waals surface area contributed by atoms with E-state index in [1.54, 1.807) is 18.3 Å². The van der Waals surface area contributed by atoms with Crippen LogP contribution in [0, 0.1) is 5.82 Å². The highest BCUT2D eigenvalue weighted by Gasteiger charge is 2.08. The van der Waals surface area contributed by atoms with E-state index >= 15 is 0 Å². The van der Waals surface area contributed by atoms with Gasteiger partial charge >= 0.3 is 0 Å². The van der Waals surface area contributed by atoms with E-state index in [0.717, 1.165) is 22.0 Å². The van der Waals surface area contributed by atoms with Crippen molar-refractivity contribution in [1.82, 2.24) is 4.98 Å². The molecule has 20 heavy (non-hydrogen) atoms. The lowest BCUT2D eigenvalue weighted by Crippen LogP contribution is -2.13. The molecule has 0 amide bonds. The first-order valence-corrected chi connectivity index (χ1v) is 6.57.